The van der Waals surface area contributed by atoms with E-state index in [4.69, 9.17) is 4.74 Å². The first kappa shape index (κ1) is 13.9. The Hall–Kier alpha value is -0.0800. The molecule has 0 radical (unpaired) electrons. The topological polar surface area (TPSA) is 29.5 Å². The van der Waals surface area contributed by atoms with Gasteiger partial charge in [0.1, 0.15) is 0 Å². The Balaban J connectivity index is 3.87. The first-order valence-corrected chi connectivity index (χ1v) is 5.35. The average Bonchev–Trinajstić information content (AvgIpc) is 1.93. The SMILES string of the molecule is CC(C)(C)COCC(CO)C(C)(C)C. The van der Waals surface area contributed by atoms with Gasteiger partial charge in [-0.2, -0.15) is 0 Å². The van der Waals surface area contributed by atoms with Crippen molar-refractivity contribution >= 4 is 0 Å². The van der Waals surface area contributed by atoms with Gasteiger partial charge >= 0.3 is 0 Å². The van der Waals surface area contributed by atoms with Crippen molar-refractivity contribution in [1.29, 1.82) is 0 Å². The first-order chi connectivity index (χ1) is 6.17. The Bertz CT molecular complexity index is 151. The van der Waals surface area contributed by atoms with Crippen LogP contribution in [0.5, 0.6) is 0 Å². The van der Waals surface area contributed by atoms with E-state index in [0.29, 0.717) is 6.61 Å². The maximum atomic E-state index is 9.21. The van der Waals surface area contributed by atoms with Gasteiger partial charge in [-0.25, -0.2) is 0 Å². The Morgan fingerprint density at radius 2 is 1.57 bits per heavy atom. The molecule has 1 N–H and O–H groups in total. The summed E-state index contributed by atoms with van der Waals surface area (Å²) in [6.45, 7) is 14.5. The molecule has 0 fully saturated rings. The summed E-state index contributed by atoms with van der Waals surface area (Å²) >= 11 is 0. The van der Waals surface area contributed by atoms with Gasteiger partial charge in [0, 0.05) is 12.5 Å². The highest BCUT2D eigenvalue weighted by Crippen LogP contribution is 2.26. The normalized spacial score (nSPS) is 15.6. The van der Waals surface area contributed by atoms with E-state index in [1.807, 2.05) is 0 Å². The second-order valence-corrected chi connectivity index (χ2v) is 6.32. The summed E-state index contributed by atoms with van der Waals surface area (Å²) in [6.07, 6.45) is 0. The van der Waals surface area contributed by atoms with E-state index >= 15 is 0 Å². The van der Waals surface area contributed by atoms with Crippen molar-refractivity contribution in [3.8, 4) is 0 Å². The Morgan fingerprint density at radius 3 is 1.86 bits per heavy atom. The highest BCUT2D eigenvalue weighted by atomic mass is 16.5. The van der Waals surface area contributed by atoms with Crippen molar-refractivity contribution in [2.75, 3.05) is 19.8 Å². The van der Waals surface area contributed by atoms with Crippen LogP contribution in [0.25, 0.3) is 0 Å². The third kappa shape index (κ3) is 6.39. The van der Waals surface area contributed by atoms with E-state index < -0.39 is 0 Å². The zero-order chi connectivity index (χ0) is 11.4. The molecule has 2 heteroatoms. The summed E-state index contributed by atoms with van der Waals surface area (Å²) in [4.78, 5) is 0. The maximum Gasteiger partial charge on any atom is 0.0521 e. The predicted octanol–water partition coefficient (Wildman–Crippen LogP) is 2.70. The van der Waals surface area contributed by atoms with Crippen molar-refractivity contribution in [2.24, 2.45) is 16.7 Å². The molecule has 0 aliphatic rings. The van der Waals surface area contributed by atoms with Gasteiger partial charge < -0.3 is 9.84 Å². The number of hydrogen-bond donors (Lipinski definition) is 1. The van der Waals surface area contributed by atoms with Crippen LogP contribution in [-0.4, -0.2) is 24.9 Å². The molecule has 14 heavy (non-hydrogen) atoms. The highest BCUT2D eigenvalue weighted by molar-refractivity contribution is 4.73. The lowest BCUT2D eigenvalue weighted by Gasteiger charge is -2.30. The summed E-state index contributed by atoms with van der Waals surface area (Å²) in [6, 6.07) is 0. The number of ether oxygens (including phenoxy) is 1. The molecule has 2 nitrogen and oxygen atoms in total. The van der Waals surface area contributed by atoms with Crippen molar-refractivity contribution in [3.05, 3.63) is 0 Å². The molecule has 1 unspecified atom stereocenters. The summed E-state index contributed by atoms with van der Waals surface area (Å²) < 4.78 is 5.62. The van der Waals surface area contributed by atoms with Gasteiger partial charge in [-0.15, -0.1) is 0 Å². The summed E-state index contributed by atoms with van der Waals surface area (Å²) in [5.74, 6) is 0.227. The largest absolute Gasteiger partial charge is 0.396 e. The molecule has 0 aliphatic carbocycles. The fourth-order valence-electron chi connectivity index (χ4n) is 1.08. The van der Waals surface area contributed by atoms with Gasteiger partial charge in [-0.05, 0) is 10.8 Å². The lowest BCUT2D eigenvalue weighted by atomic mass is 9.82. The molecule has 0 heterocycles. The standard InChI is InChI=1S/C12H26O2/c1-11(2,3)9-14-8-10(7-13)12(4,5)6/h10,13H,7-9H2,1-6H3. The van der Waals surface area contributed by atoms with Crippen LogP contribution in [0, 0.1) is 16.7 Å². The van der Waals surface area contributed by atoms with E-state index in [-0.39, 0.29) is 23.4 Å². The van der Waals surface area contributed by atoms with Crippen LogP contribution in [0.15, 0.2) is 0 Å². The molecule has 0 aromatic carbocycles. The van der Waals surface area contributed by atoms with Crippen molar-refractivity contribution in [2.45, 2.75) is 41.5 Å². The van der Waals surface area contributed by atoms with Crippen LogP contribution in [-0.2, 0) is 4.74 Å². The molecule has 0 aromatic rings. The molecule has 0 saturated carbocycles. The lowest BCUT2D eigenvalue weighted by Crippen LogP contribution is -2.30. The second-order valence-electron chi connectivity index (χ2n) is 6.32. The van der Waals surface area contributed by atoms with Crippen molar-refractivity contribution < 1.29 is 9.84 Å². The molecule has 0 aromatic heterocycles. The molecule has 86 valence electrons. The Labute approximate surface area is 88.7 Å². The minimum Gasteiger partial charge on any atom is -0.396 e. The summed E-state index contributed by atoms with van der Waals surface area (Å²) in [5, 5.41) is 9.21. The second kappa shape index (κ2) is 5.13. The predicted molar refractivity (Wildman–Crippen MR) is 60.3 cm³/mol. The van der Waals surface area contributed by atoms with Crippen molar-refractivity contribution in [3.63, 3.8) is 0 Å². The number of aliphatic hydroxyl groups is 1. The smallest absolute Gasteiger partial charge is 0.0521 e. The zero-order valence-electron chi connectivity index (χ0n) is 10.6. The number of rotatable bonds is 4. The molecule has 0 rings (SSSR count). The van der Waals surface area contributed by atoms with Gasteiger partial charge in [0.2, 0.25) is 0 Å². The molecular formula is C12H26O2. The first-order valence-electron chi connectivity index (χ1n) is 5.35. The van der Waals surface area contributed by atoms with E-state index in [2.05, 4.69) is 41.5 Å². The quantitative estimate of drug-likeness (QED) is 0.759. The molecule has 0 bridgehead atoms. The molecule has 0 saturated heterocycles. The molecule has 0 spiro atoms. The van der Waals surface area contributed by atoms with Crippen LogP contribution >= 0.6 is 0 Å². The van der Waals surface area contributed by atoms with Crippen molar-refractivity contribution in [1.82, 2.24) is 0 Å². The van der Waals surface area contributed by atoms with Gasteiger partial charge in [0.15, 0.2) is 0 Å². The van der Waals surface area contributed by atoms with Gasteiger partial charge in [-0.3, -0.25) is 0 Å². The van der Waals surface area contributed by atoms with Crippen LogP contribution in [0.2, 0.25) is 0 Å². The Morgan fingerprint density at radius 1 is 1.07 bits per heavy atom. The van der Waals surface area contributed by atoms with E-state index in [1.165, 1.54) is 0 Å². The van der Waals surface area contributed by atoms with E-state index in [9.17, 15) is 5.11 Å². The summed E-state index contributed by atoms with van der Waals surface area (Å²) in [7, 11) is 0. The Kier molecular flexibility index (Phi) is 5.10. The fraction of sp³-hybridized carbons (Fsp3) is 1.00. The zero-order valence-corrected chi connectivity index (χ0v) is 10.6. The summed E-state index contributed by atoms with van der Waals surface area (Å²) in [5.41, 5.74) is 0.324. The van der Waals surface area contributed by atoms with E-state index in [1.54, 1.807) is 0 Å². The lowest BCUT2D eigenvalue weighted by molar-refractivity contribution is -0.00213. The third-order valence-corrected chi connectivity index (χ3v) is 2.30. The van der Waals surface area contributed by atoms with Crippen LogP contribution in [0.4, 0.5) is 0 Å². The average molecular weight is 202 g/mol. The van der Waals surface area contributed by atoms with Crippen LogP contribution in [0.1, 0.15) is 41.5 Å². The fourth-order valence-corrected chi connectivity index (χ4v) is 1.08. The maximum absolute atomic E-state index is 9.21. The number of hydrogen-bond acceptors (Lipinski definition) is 2. The third-order valence-electron chi connectivity index (χ3n) is 2.30. The van der Waals surface area contributed by atoms with E-state index in [0.717, 1.165) is 6.61 Å². The van der Waals surface area contributed by atoms with Crippen LogP contribution < -0.4 is 0 Å². The highest BCUT2D eigenvalue weighted by Gasteiger charge is 2.24. The molecule has 0 aliphatic heterocycles. The van der Waals surface area contributed by atoms with Gasteiger partial charge in [-0.1, -0.05) is 41.5 Å². The minimum absolute atomic E-state index is 0.118. The van der Waals surface area contributed by atoms with Gasteiger partial charge in [0.05, 0.1) is 13.2 Å². The molecule has 1 atom stereocenters. The number of aliphatic hydroxyl groups excluding tert-OH is 1. The monoisotopic (exact) mass is 202 g/mol. The molecular weight excluding hydrogens is 176 g/mol. The molecule has 0 amide bonds. The van der Waals surface area contributed by atoms with Gasteiger partial charge in [0.25, 0.3) is 0 Å². The minimum atomic E-state index is 0.118. The van der Waals surface area contributed by atoms with Crippen LogP contribution in [0.3, 0.4) is 0 Å².